The van der Waals surface area contributed by atoms with Crippen molar-refractivity contribution in [1.82, 2.24) is 9.97 Å². The molecule has 2 heterocycles. The summed E-state index contributed by atoms with van der Waals surface area (Å²) in [5.74, 6) is 1.47. The fourth-order valence-corrected chi connectivity index (χ4v) is 1.75. The molecule has 2 N–H and O–H groups in total. The van der Waals surface area contributed by atoms with Crippen molar-refractivity contribution in [3.05, 3.63) is 41.7 Å². The van der Waals surface area contributed by atoms with Crippen LogP contribution in [-0.4, -0.2) is 21.0 Å². The first-order chi connectivity index (χ1) is 9.22. The van der Waals surface area contributed by atoms with Crippen molar-refractivity contribution in [2.45, 2.75) is 25.3 Å². The highest BCUT2D eigenvalue weighted by molar-refractivity contribution is 5.85. The van der Waals surface area contributed by atoms with Crippen molar-refractivity contribution in [2.75, 3.05) is 5.32 Å². The summed E-state index contributed by atoms with van der Waals surface area (Å²) in [6.45, 7) is 0.440. The molecule has 1 fully saturated rings. The van der Waals surface area contributed by atoms with Crippen molar-refractivity contribution < 1.29 is 14.3 Å². The molecular formula is C13H13N3O3. The molecule has 0 radical (unpaired) electrons. The molecule has 0 atom stereocenters. The van der Waals surface area contributed by atoms with Crippen LogP contribution in [0.5, 0.6) is 0 Å². The first kappa shape index (κ1) is 11.7. The van der Waals surface area contributed by atoms with Gasteiger partial charge in [0.1, 0.15) is 11.6 Å². The molecule has 1 saturated carbocycles. The average Bonchev–Trinajstić information content (AvgIpc) is 3.16. The van der Waals surface area contributed by atoms with Gasteiger partial charge in [0, 0.05) is 5.92 Å². The Bertz CT molecular complexity index is 605. The van der Waals surface area contributed by atoms with Crippen LogP contribution in [-0.2, 0) is 6.54 Å². The molecule has 0 unspecified atom stereocenters. The van der Waals surface area contributed by atoms with Gasteiger partial charge >= 0.3 is 5.97 Å². The average molecular weight is 259 g/mol. The minimum absolute atomic E-state index is 0.0150. The zero-order valence-electron chi connectivity index (χ0n) is 10.2. The van der Waals surface area contributed by atoms with Crippen LogP contribution in [0.4, 0.5) is 5.82 Å². The third kappa shape index (κ3) is 2.73. The lowest BCUT2D eigenvalue weighted by molar-refractivity contribution is 0.0690. The summed E-state index contributed by atoms with van der Waals surface area (Å²) in [6.07, 6.45) is 3.99. The van der Waals surface area contributed by atoms with Crippen LogP contribution in [0, 0.1) is 0 Å². The van der Waals surface area contributed by atoms with E-state index in [4.69, 9.17) is 9.52 Å². The van der Waals surface area contributed by atoms with Crippen LogP contribution in [0.2, 0.25) is 0 Å². The SMILES string of the molecule is O=C(O)c1cccc(NCc2cnc(C3CC3)o2)n1. The van der Waals surface area contributed by atoms with Gasteiger partial charge in [-0.3, -0.25) is 0 Å². The van der Waals surface area contributed by atoms with Crippen molar-refractivity contribution in [1.29, 1.82) is 0 Å². The summed E-state index contributed by atoms with van der Waals surface area (Å²) in [5, 5.41) is 11.9. The number of carboxylic acids is 1. The zero-order chi connectivity index (χ0) is 13.2. The summed E-state index contributed by atoms with van der Waals surface area (Å²) in [4.78, 5) is 19.0. The fourth-order valence-electron chi connectivity index (χ4n) is 1.75. The molecule has 0 saturated heterocycles. The molecule has 3 rings (SSSR count). The molecule has 1 aliphatic rings. The molecule has 0 spiro atoms. The highest BCUT2D eigenvalue weighted by atomic mass is 16.4. The zero-order valence-corrected chi connectivity index (χ0v) is 10.2. The highest BCUT2D eigenvalue weighted by Crippen LogP contribution is 2.39. The fraction of sp³-hybridized carbons (Fsp3) is 0.308. The quantitative estimate of drug-likeness (QED) is 0.856. The number of nitrogens with one attached hydrogen (secondary N) is 1. The van der Waals surface area contributed by atoms with Crippen LogP contribution in [0.1, 0.15) is 40.9 Å². The first-order valence-corrected chi connectivity index (χ1v) is 6.11. The van der Waals surface area contributed by atoms with Gasteiger partial charge in [-0.25, -0.2) is 14.8 Å². The third-order valence-corrected chi connectivity index (χ3v) is 2.91. The number of oxazole rings is 1. The number of carbonyl (C=O) groups is 1. The second-order valence-electron chi connectivity index (χ2n) is 4.51. The van der Waals surface area contributed by atoms with E-state index in [1.165, 1.54) is 6.07 Å². The van der Waals surface area contributed by atoms with Crippen molar-refractivity contribution in [3.8, 4) is 0 Å². The summed E-state index contributed by atoms with van der Waals surface area (Å²) < 4.78 is 5.59. The van der Waals surface area contributed by atoms with Gasteiger partial charge in [0.2, 0.25) is 0 Å². The molecule has 0 aromatic carbocycles. The Morgan fingerprint density at radius 3 is 3.05 bits per heavy atom. The largest absolute Gasteiger partial charge is 0.477 e. The van der Waals surface area contributed by atoms with Gasteiger partial charge in [0.25, 0.3) is 0 Å². The molecule has 2 aromatic rings. The third-order valence-electron chi connectivity index (χ3n) is 2.91. The second kappa shape index (κ2) is 4.72. The molecule has 98 valence electrons. The van der Waals surface area contributed by atoms with E-state index in [0.29, 0.717) is 18.3 Å². The molecule has 6 heteroatoms. The number of carboxylic acid groups (broad SMARTS) is 1. The smallest absolute Gasteiger partial charge is 0.354 e. The lowest BCUT2D eigenvalue weighted by atomic mass is 10.3. The van der Waals surface area contributed by atoms with E-state index >= 15 is 0 Å². The van der Waals surface area contributed by atoms with E-state index in [-0.39, 0.29) is 5.69 Å². The van der Waals surface area contributed by atoms with Crippen LogP contribution < -0.4 is 5.32 Å². The van der Waals surface area contributed by atoms with E-state index < -0.39 is 5.97 Å². The molecular weight excluding hydrogens is 246 g/mol. The number of nitrogens with zero attached hydrogens (tertiary/aromatic N) is 2. The number of aromatic nitrogens is 2. The topological polar surface area (TPSA) is 88.2 Å². The molecule has 0 aliphatic heterocycles. The van der Waals surface area contributed by atoms with E-state index in [1.54, 1.807) is 18.3 Å². The standard InChI is InChI=1S/C13H13N3O3/c17-13(18)10-2-1-3-11(16-10)14-6-9-7-15-12(19-9)8-4-5-8/h1-3,7-8H,4-6H2,(H,14,16)(H,17,18). The maximum atomic E-state index is 10.8. The number of anilines is 1. The summed E-state index contributed by atoms with van der Waals surface area (Å²) in [6, 6.07) is 4.81. The lowest BCUT2D eigenvalue weighted by Crippen LogP contribution is -2.05. The number of rotatable bonds is 5. The van der Waals surface area contributed by atoms with Crippen molar-refractivity contribution in [2.24, 2.45) is 0 Å². The van der Waals surface area contributed by atoms with E-state index in [9.17, 15) is 4.79 Å². The van der Waals surface area contributed by atoms with Gasteiger partial charge in [-0.15, -0.1) is 0 Å². The molecule has 6 nitrogen and oxygen atoms in total. The number of pyridine rings is 1. The van der Waals surface area contributed by atoms with Gasteiger partial charge < -0.3 is 14.8 Å². The number of hydrogen-bond donors (Lipinski definition) is 2. The van der Waals surface area contributed by atoms with Crippen LogP contribution >= 0.6 is 0 Å². The first-order valence-electron chi connectivity index (χ1n) is 6.11. The van der Waals surface area contributed by atoms with E-state index in [1.807, 2.05) is 0 Å². The minimum atomic E-state index is -1.04. The lowest BCUT2D eigenvalue weighted by Gasteiger charge is -2.03. The second-order valence-corrected chi connectivity index (χ2v) is 4.51. The molecule has 1 aliphatic carbocycles. The number of aromatic carboxylic acids is 1. The molecule has 19 heavy (non-hydrogen) atoms. The Labute approximate surface area is 109 Å². The summed E-state index contributed by atoms with van der Waals surface area (Å²) >= 11 is 0. The van der Waals surface area contributed by atoms with Crippen molar-refractivity contribution >= 4 is 11.8 Å². The van der Waals surface area contributed by atoms with Crippen LogP contribution in [0.15, 0.2) is 28.8 Å². The summed E-state index contributed by atoms with van der Waals surface area (Å²) in [5.41, 5.74) is 0.0150. The predicted molar refractivity (Wildman–Crippen MR) is 67.0 cm³/mol. The number of hydrogen-bond acceptors (Lipinski definition) is 5. The van der Waals surface area contributed by atoms with Gasteiger partial charge in [-0.2, -0.15) is 0 Å². The van der Waals surface area contributed by atoms with Gasteiger partial charge in [0.15, 0.2) is 11.6 Å². The summed E-state index contributed by atoms with van der Waals surface area (Å²) in [7, 11) is 0. The van der Waals surface area contributed by atoms with Gasteiger partial charge in [-0.1, -0.05) is 6.07 Å². The maximum absolute atomic E-state index is 10.8. The van der Waals surface area contributed by atoms with Gasteiger partial charge in [-0.05, 0) is 25.0 Å². The Balaban J connectivity index is 1.64. The predicted octanol–water partition coefficient (Wildman–Crippen LogP) is 2.26. The Kier molecular flexibility index (Phi) is 2.91. The van der Waals surface area contributed by atoms with Gasteiger partial charge in [0.05, 0.1) is 12.7 Å². The molecule has 2 aromatic heterocycles. The Morgan fingerprint density at radius 2 is 2.32 bits per heavy atom. The monoisotopic (exact) mass is 259 g/mol. The van der Waals surface area contributed by atoms with Crippen molar-refractivity contribution in [3.63, 3.8) is 0 Å². The highest BCUT2D eigenvalue weighted by Gasteiger charge is 2.28. The van der Waals surface area contributed by atoms with Crippen LogP contribution in [0.3, 0.4) is 0 Å². The minimum Gasteiger partial charge on any atom is -0.477 e. The maximum Gasteiger partial charge on any atom is 0.354 e. The van der Waals surface area contributed by atoms with E-state index in [0.717, 1.165) is 24.5 Å². The normalized spacial score (nSPS) is 14.3. The van der Waals surface area contributed by atoms with E-state index in [2.05, 4.69) is 15.3 Å². The Morgan fingerprint density at radius 1 is 1.47 bits per heavy atom. The Hall–Kier alpha value is -2.37. The molecule has 0 bridgehead atoms. The van der Waals surface area contributed by atoms with Crippen LogP contribution in [0.25, 0.3) is 0 Å². The molecule has 0 amide bonds.